The zero-order chi connectivity index (χ0) is 10.8. The van der Waals surface area contributed by atoms with Crippen molar-refractivity contribution in [2.24, 2.45) is 5.92 Å². The van der Waals surface area contributed by atoms with Crippen LogP contribution in [0.2, 0.25) is 10.0 Å². The van der Waals surface area contributed by atoms with Crippen LogP contribution < -0.4 is 5.32 Å². The lowest BCUT2D eigenvalue weighted by Gasteiger charge is -2.24. The van der Waals surface area contributed by atoms with Gasteiger partial charge in [0.1, 0.15) is 0 Å². The van der Waals surface area contributed by atoms with Crippen LogP contribution in [-0.4, -0.2) is 5.91 Å². The molecule has 1 aliphatic carbocycles. The third-order valence-corrected chi connectivity index (χ3v) is 3.21. The van der Waals surface area contributed by atoms with E-state index < -0.39 is 0 Å². The molecule has 80 valence electrons. The van der Waals surface area contributed by atoms with Crippen LogP contribution in [0.15, 0.2) is 18.2 Å². The maximum atomic E-state index is 11.6. The summed E-state index contributed by atoms with van der Waals surface area (Å²) in [5, 5.41) is 3.86. The molecule has 1 aromatic rings. The summed E-state index contributed by atoms with van der Waals surface area (Å²) in [6.07, 6.45) is 3.11. The van der Waals surface area contributed by atoms with E-state index in [1.54, 1.807) is 18.2 Å². The van der Waals surface area contributed by atoms with Crippen LogP contribution in [0, 0.1) is 5.92 Å². The minimum absolute atomic E-state index is 0.0606. The van der Waals surface area contributed by atoms with Crippen molar-refractivity contribution in [3.63, 3.8) is 0 Å². The van der Waals surface area contributed by atoms with Crippen molar-refractivity contribution in [3.05, 3.63) is 28.2 Å². The van der Waals surface area contributed by atoms with Crippen LogP contribution >= 0.6 is 23.2 Å². The third kappa shape index (κ3) is 2.44. The van der Waals surface area contributed by atoms with E-state index in [0.717, 1.165) is 19.3 Å². The Labute approximate surface area is 98.6 Å². The van der Waals surface area contributed by atoms with Gasteiger partial charge in [-0.2, -0.15) is 0 Å². The van der Waals surface area contributed by atoms with Gasteiger partial charge in [-0.1, -0.05) is 29.6 Å². The first-order valence-electron chi connectivity index (χ1n) is 4.93. The molecular weight excluding hydrogens is 233 g/mol. The quantitative estimate of drug-likeness (QED) is 0.843. The van der Waals surface area contributed by atoms with E-state index in [1.165, 1.54) is 0 Å². The number of hydrogen-bond donors (Lipinski definition) is 1. The molecule has 2 rings (SSSR count). The van der Waals surface area contributed by atoms with E-state index in [4.69, 9.17) is 23.2 Å². The zero-order valence-corrected chi connectivity index (χ0v) is 9.61. The van der Waals surface area contributed by atoms with Gasteiger partial charge in [0.2, 0.25) is 5.91 Å². The van der Waals surface area contributed by atoms with Crippen molar-refractivity contribution < 1.29 is 4.79 Å². The summed E-state index contributed by atoms with van der Waals surface area (Å²) >= 11 is 11.7. The Kier molecular flexibility index (Phi) is 3.17. The second-order valence-electron chi connectivity index (χ2n) is 3.74. The number of carbonyl (C=O) groups is 1. The molecule has 1 amide bonds. The molecule has 0 radical (unpaired) electrons. The molecule has 4 heteroatoms. The van der Waals surface area contributed by atoms with Crippen molar-refractivity contribution in [1.82, 2.24) is 0 Å². The number of hydrogen-bond acceptors (Lipinski definition) is 1. The molecule has 1 aromatic carbocycles. The molecule has 0 atom stereocenters. The van der Waals surface area contributed by atoms with E-state index in [0.29, 0.717) is 15.7 Å². The first kappa shape index (κ1) is 10.8. The van der Waals surface area contributed by atoms with Crippen molar-refractivity contribution in [3.8, 4) is 0 Å². The highest BCUT2D eigenvalue weighted by Crippen LogP contribution is 2.30. The number of anilines is 1. The number of benzene rings is 1. The van der Waals surface area contributed by atoms with Gasteiger partial charge >= 0.3 is 0 Å². The minimum atomic E-state index is 0.0606. The Bertz CT molecular complexity index is 388. The molecule has 0 bridgehead atoms. The van der Waals surface area contributed by atoms with Crippen LogP contribution in [0.4, 0.5) is 5.69 Å². The molecule has 0 spiro atoms. The lowest BCUT2D eigenvalue weighted by molar-refractivity contribution is -0.122. The summed E-state index contributed by atoms with van der Waals surface area (Å²) in [6, 6.07) is 5.06. The number of nitrogens with one attached hydrogen (secondary N) is 1. The second kappa shape index (κ2) is 4.42. The fraction of sp³-hybridized carbons (Fsp3) is 0.364. The highest BCUT2D eigenvalue weighted by molar-refractivity contribution is 6.36. The van der Waals surface area contributed by atoms with E-state index in [9.17, 15) is 4.79 Å². The lowest BCUT2D eigenvalue weighted by Crippen LogP contribution is -2.28. The van der Waals surface area contributed by atoms with Gasteiger partial charge in [-0.05, 0) is 31.0 Å². The van der Waals surface area contributed by atoms with Crippen LogP contribution in [0.5, 0.6) is 0 Å². The van der Waals surface area contributed by atoms with E-state index in [-0.39, 0.29) is 11.8 Å². The topological polar surface area (TPSA) is 29.1 Å². The zero-order valence-electron chi connectivity index (χ0n) is 8.09. The fourth-order valence-electron chi connectivity index (χ4n) is 1.50. The van der Waals surface area contributed by atoms with Gasteiger partial charge < -0.3 is 5.32 Å². The fourth-order valence-corrected chi connectivity index (χ4v) is 1.95. The number of halogens is 2. The molecule has 1 N–H and O–H groups in total. The van der Waals surface area contributed by atoms with Crippen molar-refractivity contribution >= 4 is 34.8 Å². The Morgan fingerprint density at radius 2 is 2.07 bits per heavy atom. The molecule has 1 aliphatic rings. The molecule has 0 saturated heterocycles. The van der Waals surface area contributed by atoms with Gasteiger partial charge in [-0.25, -0.2) is 0 Å². The number of amides is 1. The summed E-state index contributed by atoms with van der Waals surface area (Å²) in [7, 11) is 0. The van der Waals surface area contributed by atoms with Crippen molar-refractivity contribution in [2.45, 2.75) is 19.3 Å². The van der Waals surface area contributed by atoms with Crippen LogP contribution in [0.25, 0.3) is 0 Å². The van der Waals surface area contributed by atoms with Crippen molar-refractivity contribution in [1.29, 1.82) is 0 Å². The summed E-state index contributed by atoms with van der Waals surface area (Å²) < 4.78 is 0. The highest BCUT2D eigenvalue weighted by Gasteiger charge is 2.25. The maximum absolute atomic E-state index is 11.6. The average Bonchev–Trinajstić information content (AvgIpc) is 2.07. The largest absolute Gasteiger partial charge is 0.325 e. The standard InChI is InChI=1S/C11H11Cl2NO/c12-8-4-5-10(9(13)6-8)14-11(15)7-2-1-3-7/h4-7H,1-3H2,(H,14,15). The van der Waals surface area contributed by atoms with Gasteiger partial charge in [-0.3, -0.25) is 4.79 Å². The molecule has 0 unspecified atom stereocenters. The Hall–Kier alpha value is -0.730. The molecule has 2 nitrogen and oxygen atoms in total. The predicted octanol–water partition coefficient (Wildman–Crippen LogP) is 3.73. The summed E-state index contributed by atoms with van der Waals surface area (Å²) in [6.45, 7) is 0. The molecule has 1 fully saturated rings. The van der Waals surface area contributed by atoms with Gasteiger partial charge in [0.25, 0.3) is 0 Å². The van der Waals surface area contributed by atoms with E-state index in [2.05, 4.69) is 5.32 Å². The van der Waals surface area contributed by atoms with Crippen LogP contribution in [0.1, 0.15) is 19.3 Å². The predicted molar refractivity (Wildman–Crippen MR) is 62.4 cm³/mol. The number of rotatable bonds is 2. The molecular formula is C11H11Cl2NO. The van der Waals surface area contributed by atoms with Gasteiger partial charge in [0.05, 0.1) is 10.7 Å². The summed E-state index contributed by atoms with van der Waals surface area (Å²) in [5.74, 6) is 0.224. The minimum Gasteiger partial charge on any atom is -0.325 e. The lowest BCUT2D eigenvalue weighted by atomic mass is 9.85. The molecule has 15 heavy (non-hydrogen) atoms. The molecule has 0 aromatic heterocycles. The maximum Gasteiger partial charge on any atom is 0.227 e. The summed E-state index contributed by atoms with van der Waals surface area (Å²) in [5.41, 5.74) is 0.637. The summed E-state index contributed by atoms with van der Waals surface area (Å²) in [4.78, 5) is 11.6. The molecule has 1 saturated carbocycles. The average molecular weight is 244 g/mol. The van der Waals surface area contributed by atoms with E-state index in [1.807, 2.05) is 0 Å². The SMILES string of the molecule is O=C(Nc1ccc(Cl)cc1Cl)C1CCC1. The number of carbonyl (C=O) groups excluding carboxylic acids is 1. The third-order valence-electron chi connectivity index (χ3n) is 2.66. The first-order chi connectivity index (χ1) is 7.16. The smallest absolute Gasteiger partial charge is 0.227 e. The van der Waals surface area contributed by atoms with E-state index >= 15 is 0 Å². The Morgan fingerprint density at radius 1 is 1.33 bits per heavy atom. The highest BCUT2D eigenvalue weighted by atomic mass is 35.5. The van der Waals surface area contributed by atoms with Gasteiger partial charge in [0, 0.05) is 10.9 Å². The van der Waals surface area contributed by atoms with Crippen molar-refractivity contribution in [2.75, 3.05) is 5.32 Å². The first-order valence-corrected chi connectivity index (χ1v) is 5.68. The Morgan fingerprint density at radius 3 is 2.60 bits per heavy atom. The van der Waals surface area contributed by atoms with Gasteiger partial charge in [-0.15, -0.1) is 0 Å². The molecule has 0 aliphatic heterocycles. The van der Waals surface area contributed by atoms with Crippen LogP contribution in [-0.2, 0) is 4.79 Å². The van der Waals surface area contributed by atoms with Crippen LogP contribution in [0.3, 0.4) is 0 Å². The molecule has 0 heterocycles. The normalized spacial score (nSPS) is 15.9. The second-order valence-corrected chi connectivity index (χ2v) is 4.58. The van der Waals surface area contributed by atoms with Gasteiger partial charge in [0.15, 0.2) is 0 Å². The Balaban J connectivity index is 2.06. The monoisotopic (exact) mass is 243 g/mol.